The molecule has 0 fully saturated rings. The van der Waals surface area contributed by atoms with Crippen LogP contribution in [0, 0.1) is 5.92 Å². The average molecular weight is 171 g/mol. The van der Waals surface area contributed by atoms with Gasteiger partial charge in [-0.15, -0.1) is 6.58 Å². The molecule has 0 aliphatic heterocycles. The Bertz CT molecular complexity index is 187. The predicted octanol–water partition coefficient (Wildman–Crippen LogP) is 1.93. The lowest BCUT2D eigenvalue weighted by Crippen LogP contribution is -2.16. The smallest absolute Gasteiger partial charge is 0.103 e. The summed E-state index contributed by atoms with van der Waals surface area (Å²) in [6, 6.07) is 0. The van der Waals surface area contributed by atoms with Crippen molar-refractivity contribution in [2.24, 2.45) is 11.7 Å². The number of thiocarbonyl (C=S) groups is 1. The Labute approximate surface area is 72.4 Å². The maximum atomic E-state index is 8.73. The first-order chi connectivity index (χ1) is 5.13. The van der Waals surface area contributed by atoms with Gasteiger partial charge in [0.1, 0.15) is 4.99 Å². The molecule has 0 aliphatic rings. The largest absolute Gasteiger partial charge is 0.515 e. The summed E-state index contributed by atoms with van der Waals surface area (Å²) >= 11 is 4.72. The zero-order valence-electron chi connectivity index (χ0n) is 6.58. The van der Waals surface area contributed by atoms with Gasteiger partial charge in [-0.25, -0.2) is 0 Å². The van der Waals surface area contributed by atoms with E-state index in [0.29, 0.717) is 5.57 Å². The van der Waals surface area contributed by atoms with Gasteiger partial charge >= 0.3 is 0 Å². The molecule has 0 aromatic heterocycles. The number of aliphatic hydroxyl groups is 1. The molecule has 0 amide bonds. The summed E-state index contributed by atoms with van der Waals surface area (Å²) in [7, 11) is 0. The summed E-state index contributed by atoms with van der Waals surface area (Å²) in [6.45, 7) is 5.52. The second-order valence-corrected chi connectivity index (χ2v) is 2.81. The number of aliphatic hydroxyl groups excluding tert-OH is 1. The fraction of sp³-hybridized carbons (Fsp3) is 0.375. The lowest BCUT2D eigenvalue weighted by atomic mass is 9.99. The molecule has 0 saturated heterocycles. The van der Waals surface area contributed by atoms with E-state index >= 15 is 0 Å². The lowest BCUT2D eigenvalue weighted by Gasteiger charge is -2.10. The molecule has 0 rings (SSSR count). The van der Waals surface area contributed by atoms with E-state index in [1.165, 1.54) is 0 Å². The number of hydrogen-bond donors (Lipinski definition) is 2. The zero-order chi connectivity index (χ0) is 8.85. The SMILES string of the molecule is C=CCC(C)C(=CO)C(N)=S. The molecule has 0 saturated carbocycles. The van der Waals surface area contributed by atoms with Gasteiger partial charge in [0.05, 0.1) is 6.26 Å². The van der Waals surface area contributed by atoms with Gasteiger partial charge in [0, 0.05) is 5.57 Å². The van der Waals surface area contributed by atoms with Gasteiger partial charge in [-0.3, -0.25) is 0 Å². The van der Waals surface area contributed by atoms with Crippen LogP contribution in [0.4, 0.5) is 0 Å². The van der Waals surface area contributed by atoms with Gasteiger partial charge in [-0.1, -0.05) is 25.2 Å². The second kappa shape index (κ2) is 4.91. The summed E-state index contributed by atoms with van der Waals surface area (Å²) in [5.74, 6) is 0.148. The Hall–Kier alpha value is -0.830. The second-order valence-electron chi connectivity index (χ2n) is 2.37. The van der Waals surface area contributed by atoms with Crippen LogP contribution in [-0.2, 0) is 0 Å². The Morgan fingerprint density at radius 2 is 2.36 bits per heavy atom. The van der Waals surface area contributed by atoms with Crippen molar-refractivity contribution < 1.29 is 5.11 Å². The minimum absolute atomic E-state index is 0.148. The van der Waals surface area contributed by atoms with Crippen molar-refractivity contribution in [3.63, 3.8) is 0 Å². The molecule has 62 valence electrons. The van der Waals surface area contributed by atoms with Crippen LogP contribution in [0.2, 0.25) is 0 Å². The number of hydrogen-bond acceptors (Lipinski definition) is 2. The molecular weight excluding hydrogens is 158 g/mol. The van der Waals surface area contributed by atoms with Crippen molar-refractivity contribution >= 4 is 17.2 Å². The third kappa shape index (κ3) is 3.18. The van der Waals surface area contributed by atoms with Crippen molar-refractivity contribution in [3.8, 4) is 0 Å². The van der Waals surface area contributed by atoms with Gasteiger partial charge in [0.25, 0.3) is 0 Å². The Kier molecular flexibility index (Phi) is 4.54. The molecule has 0 spiro atoms. The lowest BCUT2D eigenvalue weighted by molar-refractivity contribution is 0.461. The monoisotopic (exact) mass is 171 g/mol. The van der Waals surface area contributed by atoms with Gasteiger partial charge in [0.15, 0.2) is 0 Å². The Balaban J connectivity index is 4.27. The zero-order valence-corrected chi connectivity index (χ0v) is 7.40. The fourth-order valence-corrected chi connectivity index (χ4v) is 1.06. The summed E-state index contributed by atoms with van der Waals surface area (Å²) < 4.78 is 0. The van der Waals surface area contributed by atoms with Gasteiger partial charge in [0.2, 0.25) is 0 Å². The first-order valence-electron chi connectivity index (χ1n) is 3.38. The maximum Gasteiger partial charge on any atom is 0.103 e. The quantitative estimate of drug-likeness (QED) is 0.294. The molecule has 3 N–H and O–H groups in total. The highest BCUT2D eigenvalue weighted by atomic mass is 32.1. The highest BCUT2D eigenvalue weighted by Crippen LogP contribution is 2.14. The van der Waals surface area contributed by atoms with Gasteiger partial charge < -0.3 is 10.8 Å². The third-order valence-electron chi connectivity index (χ3n) is 1.47. The van der Waals surface area contributed by atoms with Crippen LogP contribution in [-0.4, -0.2) is 10.1 Å². The first-order valence-corrected chi connectivity index (χ1v) is 3.79. The van der Waals surface area contributed by atoms with E-state index in [1.54, 1.807) is 6.08 Å². The van der Waals surface area contributed by atoms with E-state index in [4.69, 9.17) is 23.1 Å². The van der Waals surface area contributed by atoms with Crippen LogP contribution in [0.3, 0.4) is 0 Å². The third-order valence-corrected chi connectivity index (χ3v) is 1.71. The van der Waals surface area contributed by atoms with Crippen molar-refractivity contribution in [3.05, 3.63) is 24.5 Å². The average Bonchev–Trinajstić information content (AvgIpc) is 1.88. The summed E-state index contributed by atoms with van der Waals surface area (Å²) in [5, 5.41) is 8.73. The van der Waals surface area contributed by atoms with Crippen molar-refractivity contribution in [1.29, 1.82) is 0 Å². The Morgan fingerprint density at radius 3 is 2.64 bits per heavy atom. The van der Waals surface area contributed by atoms with Crippen molar-refractivity contribution in [2.45, 2.75) is 13.3 Å². The predicted molar refractivity (Wildman–Crippen MR) is 51.5 cm³/mol. The van der Waals surface area contributed by atoms with Crippen LogP contribution in [0.25, 0.3) is 0 Å². The molecule has 0 aliphatic carbocycles. The molecule has 3 heteroatoms. The molecule has 11 heavy (non-hydrogen) atoms. The highest BCUT2D eigenvalue weighted by molar-refractivity contribution is 7.80. The van der Waals surface area contributed by atoms with Crippen LogP contribution in [0.1, 0.15) is 13.3 Å². The van der Waals surface area contributed by atoms with E-state index in [1.807, 2.05) is 6.92 Å². The Morgan fingerprint density at radius 1 is 1.82 bits per heavy atom. The van der Waals surface area contributed by atoms with E-state index in [9.17, 15) is 0 Å². The van der Waals surface area contributed by atoms with Gasteiger partial charge in [-0.2, -0.15) is 0 Å². The summed E-state index contributed by atoms with van der Waals surface area (Å²) in [5.41, 5.74) is 5.96. The molecule has 0 heterocycles. The van der Waals surface area contributed by atoms with E-state index in [0.717, 1.165) is 12.7 Å². The van der Waals surface area contributed by atoms with E-state index in [-0.39, 0.29) is 10.9 Å². The number of allylic oxidation sites excluding steroid dienone is 1. The van der Waals surface area contributed by atoms with Gasteiger partial charge in [-0.05, 0) is 12.3 Å². The molecule has 1 atom stereocenters. The molecule has 0 radical (unpaired) electrons. The van der Waals surface area contributed by atoms with E-state index in [2.05, 4.69) is 6.58 Å². The fourth-order valence-electron chi connectivity index (χ4n) is 0.811. The molecule has 0 aromatic rings. The normalized spacial score (nSPS) is 14.1. The van der Waals surface area contributed by atoms with E-state index < -0.39 is 0 Å². The summed E-state index contributed by atoms with van der Waals surface area (Å²) in [4.78, 5) is 0.252. The highest BCUT2D eigenvalue weighted by Gasteiger charge is 2.09. The molecule has 1 unspecified atom stereocenters. The van der Waals surface area contributed by atoms with Crippen molar-refractivity contribution in [2.75, 3.05) is 0 Å². The number of rotatable bonds is 4. The summed E-state index contributed by atoms with van der Waals surface area (Å²) in [6.07, 6.45) is 3.51. The van der Waals surface area contributed by atoms with Crippen LogP contribution in [0.5, 0.6) is 0 Å². The topological polar surface area (TPSA) is 46.2 Å². The van der Waals surface area contributed by atoms with Crippen LogP contribution < -0.4 is 5.73 Å². The molecule has 2 nitrogen and oxygen atoms in total. The molecule has 0 aromatic carbocycles. The van der Waals surface area contributed by atoms with Crippen LogP contribution in [0.15, 0.2) is 24.5 Å². The van der Waals surface area contributed by atoms with Crippen molar-refractivity contribution in [1.82, 2.24) is 0 Å². The first kappa shape index (κ1) is 10.2. The minimum Gasteiger partial charge on any atom is -0.515 e. The molecule has 0 bridgehead atoms. The standard InChI is InChI=1S/C8H13NOS/c1-3-4-6(2)7(5-10)8(9)11/h3,5-6,10H,1,4H2,2H3,(H2,9,11). The maximum absolute atomic E-state index is 8.73. The van der Waals surface area contributed by atoms with Crippen LogP contribution >= 0.6 is 12.2 Å². The molecular formula is C8H13NOS. The number of nitrogens with two attached hydrogens (primary N) is 1. The minimum atomic E-state index is 0.148.